The minimum atomic E-state index is 0.831. The van der Waals surface area contributed by atoms with E-state index >= 15 is 0 Å². The summed E-state index contributed by atoms with van der Waals surface area (Å²) in [6, 6.07) is 8.15. The number of hydrogen-bond acceptors (Lipinski definition) is 2. The maximum Gasteiger partial charge on any atom is 0.0409 e. The van der Waals surface area contributed by atoms with Crippen molar-refractivity contribution in [2.24, 2.45) is 5.92 Å². The number of rotatable bonds is 5. The van der Waals surface area contributed by atoms with Gasteiger partial charge in [0.2, 0.25) is 0 Å². The van der Waals surface area contributed by atoms with Gasteiger partial charge in [-0.2, -0.15) is 0 Å². The van der Waals surface area contributed by atoms with E-state index in [1.54, 1.807) is 0 Å². The highest BCUT2D eigenvalue weighted by Crippen LogP contribution is 2.16. The van der Waals surface area contributed by atoms with E-state index < -0.39 is 0 Å². The van der Waals surface area contributed by atoms with Gasteiger partial charge in [-0.05, 0) is 69.6 Å². The fourth-order valence-electron chi connectivity index (χ4n) is 2.60. The maximum absolute atomic E-state index is 6.00. The number of halogens is 1. The van der Waals surface area contributed by atoms with Crippen LogP contribution in [0, 0.1) is 5.92 Å². The van der Waals surface area contributed by atoms with Crippen LogP contribution < -0.4 is 5.32 Å². The lowest BCUT2D eigenvalue weighted by molar-refractivity contribution is 0.268. The first-order chi connectivity index (χ1) is 8.74. The Morgan fingerprint density at radius 1 is 1.44 bits per heavy atom. The highest BCUT2D eigenvalue weighted by molar-refractivity contribution is 6.30. The molecule has 0 saturated carbocycles. The monoisotopic (exact) mass is 266 g/mol. The van der Waals surface area contributed by atoms with Gasteiger partial charge in [-0.3, -0.25) is 0 Å². The van der Waals surface area contributed by atoms with Crippen molar-refractivity contribution >= 4 is 11.6 Å². The summed E-state index contributed by atoms with van der Waals surface area (Å²) in [5.41, 5.74) is 1.30. The van der Waals surface area contributed by atoms with Crippen LogP contribution in [0.1, 0.15) is 24.8 Å². The van der Waals surface area contributed by atoms with Crippen molar-refractivity contribution in [3.63, 3.8) is 0 Å². The summed E-state index contributed by atoms with van der Waals surface area (Å²) in [7, 11) is 2.19. The third-order valence-corrected chi connectivity index (χ3v) is 3.89. The third kappa shape index (κ3) is 4.60. The number of hydrogen-bond donors (Lipinski definition) is 1. The Labute approximate surface area is 115 Å². The van der Waals surface area contributed by atoms with Gasteiger partial charge in [0, 0.05) is 11.6 Å². The molecule has 1 saturated heterocycles. The highest BCUT2D eigenvalue weighted by atomic mass is 35.5. The quantitative estimate of drug-likeness (QED) is 0.881. The Morgan fingerprint density at radius 3 is 3.06 bits per heavy atom. The van der Waals surface area contributed by atoms with E-state index in [-0.39, 0.29) is 0 Å². The van der Waals surface area contributed by atoms with Gasteiger partial charge in [-0.25, -0.2) is 0 Å². The standard InChI is InChI=1S/C15H23ClN2/c1-18(9-7-13-5-3-8-17-11-13)12-14-4-2-6-15(16)10-14/h2,4,6,10,13,17H,3,5,7-9,11-12H2,1H3. The molecular formula is C15H23ClN2. The van der Waals surface area contributed by atoms with Crippen molar-refractivity contribution in [1.29, 1.82) is 0 Å². The molecule has 18 heavy (non-hydrogen) atoms. The van der Waals surface area contributed by atoms with Crippen LogP contribution in [-0.2, 0) is 6.54 Å². The van der Waals surface area contributed by atoms with Gasteiger partial charge >= 0.3 is 0 Å². The van der Waals surface area contributed by atoms with E-state index in [4.69, 9.17) is 11.6 Å². The number of piperidine rings is 1. The fourth-order valence-corrected chi connectivity index (χ4v) is 2.81. The van der Waals surface area contributed by atoms with E-state index in [0.29, 0.717) is 0 Å². The summed E-state index contributed by atoms with van der Waals surface area (Å²) in [6.07, 6.45) is 4.02. The zero-order valence-electron chi connectivity index (χ0n) is 11.2. The molecule has 1 aromatic carbocycles. The van der Waals surface area contributed by atoms with E-state index in [1.165, 1.54) is 44.5 Å². The molecule has 2 rings (SSSR count). The zero-order chi connectivity index (χ0) is 12.8. The zero-order valence-corrected chi connectivity index (χ0v) is 11.9. The summed E-state index contributed by atoms with van der Waals surface area (Å²) < 4.78 is 0. The third-order valence-electron chi connectivity index (χ3n) is 3.66. The molecule has 0 amide bonds. The van der Waals surface area contributed by atoms with Gasteiger partial charge in [0.05, 0.1) is 0 Å². The molecule has 1 heterocycles. The molecule has 1 aliphatic heterocycles. The van der Waals surface area contributed by atoms with Crippen LogP contribution in [0.3, 0.4) is 0 Å². The summed E-state index contributed by atoms with van der Waals surface area (Å²) in [5, 5.41) is 4.31. The van der Waals surface area contributed by atoms with Crippen molar-refractivity contribution in [1.82, 2.24) is 10.2 Å². The van der Waals surface area contributed by atoms with Crippen LogP contribution in [0.5, 0.6) is 0 Å². The number of nitrogens with zero attached hydrogens (tertiary/aromatic N) is 1. The molecule has 100 valence electrons. The van der Waals surface area contributed by atoms with Crippen LogP contribution in [0.2, 0.25) is 5.02 Å². The first-order valence-electron chi connectivity index (χ1n) is 6.88. The molecule has 0 bridgehead atoms. The Balaban J connectivity index is 1.72. The molecule has 3 heteroatoms. The molecule has 1 atom stereocenters. The smallest absolute Gasteiger partial charge is 0.0409 e. The Hall–Kier alpha value is -0.570. The van der Waals surface area contributed by atoms with Gasteiger partial charge in [0.25, 0.3) is 0 Å². The maximum atomic E-state index is 6.00. The molecule has 1 aromatic rings. The summed E-state index contributed by atoms with van der Waals surface area (Å²) >= 11 is 6.00. The molecule has 0 spiro atoms. The summed E-state index contributed by atoms with van der Waals surface area (Å²) in [5.74, 6) is 0.862. The molecule has 1 fully saturated rings. The summed E-state index contributed by atoms with van der Waals surface area (Å²) in [6.45, 7) is 4.55. The van der Waals surface area contributed by atoms with E-state index in [0.717, 1.165) is 17.5 Å². The van der Waals surface area contributed by atoms with Gasteiger partial charge in [0.1, 0.15) is 0 Å². The normalized spacial score (nSPS) is 20.3. The minimum Gasteiger partial charge on any atom is -0.316 e. The number of benzene rings is 1. The van der Waals surface area contributed by atoms with Crippen LogP contribution in [0.4, 0.5) is 0 Å². The van der Waals surface area contributed by atoms with Crippen LogP contribution >= 0.6 is 11.6 Å². The highest BCUT2D eigenvalue weighted by Gasteiger charge is 2.13. The molecule has 2 nitrogen and oxygen atoms in total. The topological polar surface area (TPSA) is 15.3 Å². The molecule has 0 aliphatic carbocycles. The van der Waals surface area contributed by atoms with E-state index in [2.05, 4.69) is 29.4 Å². The van der Waals surface area contributed by atoms with Crippen LogP contribution in [0.15, 0.2) is 24.3 Å². The second kappa shape index (κ2) is 7.13. The minimum absolute atomic E-state index is 0.831. The van der Waals surface area contributed by atoms with Crippen LogP contribution in [0.25, 0.3) is 0 Å². The number of nitrogens with one attached hydrogen (secondary N) is 1. The Kier molecular flexibility index (Phi) is 5.48. The lowest BCUT2D eigenvalue weighted by atomic mass is 9.96. The van der Waals surface area contributed by atoms with Crippen molar-refractivity contribution in [2.75, 3.05) is 26.7 Å². The van der Waals surface area contributed by atoms with Gasteiger partial charge in [-0.15, -0.1) is 0 Å². The second-order valence-electron chi connectivity index (χ2n) is 5.37. The lowest BCUT2D eigenvalue weighted by Gasteiger charge is -2.25. The molecule has 1 N–H and O–H groups in total. The van der Waals surface area contributed by atoms with Gasteiger partial charge in [0.15, 0.2) is 0 Å². The largest absolute Gasteiger partial charge is 0.316 e. The van der Waals surface area contributed by atoms with Crippen molar-refractivity contribution in [3.8, 4) is 0 Å². The Morgan fingerprint density at radius 2 is 2.33 bits per heavy atom. The van der Waals surface area contributed by atoms with E-state index in [9.17, 15) is 0 Å². The predicted molar refractivity (Wildman–Crippen MR) is 78.0 cm³/mol. The fraction of sp³-hybridized carbons (Fsp3) is 0.600. The van der Waals surface area contributed by atoms with Crippen LogP contribution in [-0.4, -0.2) is 31.6 Å². The first-order valence-corrected chi connectivity index (χ1v) is 7.25. The Bertz CT molecular complexity index is 361. The van der Waals surface area contributed by atoms with Crippen molar-refractivity contribution in [2.45, 2.75) is 25.8 Å². The molecule has 1 unspecified atom stereocenters. The molecular weight excluding hydrogens is 244 g/mol. The average Bonchev–Trinajstić information content (AvgIpc) is 2.38. The van der Waals surface area contributed by atoms with Gasteiger partial charge in [-0.1, -0.05) is 23.7 Å². The average molecular weight is 267 g/mol. The van der Waals surface area contributed by atoms with Crippen molar-refractivity contribution < 1.29 is 0 Å². The molecule has 1 aliphatic rings. The summed E-state index contributed by atoms with van der Waals surface area (Å²) in [4.78, 5) is 2.39. The SMILES string of the molecule is CN(CCC1CCCNC1)Cc1cccc(Cl)c1. The van der Waals surface area contributed by atoms with Crippen molar-refractivity contribution in [3.05, 3.63) is 34.9 Å². The molecule has 0 aromatic heterocycles. The van der Waals surface area contributed by atoms with Gasteiger partial charge < -0.3 is 10.2 Å². The lowest BCUT2D eigenvalue weighted by Crippen LogP contribution is -2.32. The second-order valence-corrected chi connectivity index (χ2v) is 5.81. The predicted octanol–water partition coefficient (Wildman–Crippen LogP) is 3.16. The molecule has 0 radical (unpaired) electrons. The van der Waals surface area contributed by atoms with E-state index in [1.807, 2.05) is 12.1 Å². The first kappa shape index (κ1) is 13.9.